The first-order valence-electron chi connectivity index (χ1n) is 9.13. The van der Waals surface area contributed by atoms with Crippen LogP contribution in [0, 0.1) is 5.82 Å². The van der Waals surface area contributed by atoms with Gasteiger partial charge in [0.1, 0.15) is 5.82 Å². The Bertz CT molecular complexity index is 1280. The van der Waals surface area contributed by atoms with Crippen molar-refractivity contribution in [3.05, 3.63) is 93.8 Å². The zero-order valence-electron chi connectivity index (χ0n) is 16.0. The van der Waals surface area contributed by atoms with Gasteiger partial charge >= 0.3 is 12.1 Å². The van der Waals surface area contributed by atoms with E-state index in [9.17, 15) is 27.2 Å². The monoisotopic (exact) mass is 461 g/mol. The molecular weight excluding hydrogens is 450 g/mol. The van der Waals surface area contributed by atoms with Crippen LogP contribution in [0.4, 0.5) is 28.9 Å². The number of amides is 1. The maximum absolute atomic E-state index is 14.8. The van der Waals surface area contributed by atoms with Crippen molar-refractivity contribution in [2.45, 2.75) is 6.18 Å². The average molecular weight is 462 g/mol. The van der Waals surface area contributed by atoms with Crippen molar-refractivity contribution in [2.75, 3.05) is 4.90 Å². The van der Waals surface area contributed by atoms with Crippen molar-refractivity contribution in [2.24, 2.45) is 0 Å². The smallest absolute Gasteiger partial charge is 0.417 e. The molecule has 0 saturated heterocycles. The van der Waals surface area contributed by atoms with E-state index >= 15 is 0 Å². The Kier molecular flexibility index (Phi) is 5.26. The van der Waals surface area contributed by atoms with Crippen LogP contribution in [0.3, 0.4) is 0 Å². The standard InChI is InChI=1S/C23H12ClF4NO3/c24-17-4-1-3-16(23(26,27)28)14(17)11-15-20-18(25)5-2-6-19(20)29(21(15)30)13-9-7-12(8-10-13)22(31)32/h1-11H,(H,31,32). The van der Waals surface area contributed by atoms with Gasteiger partial charge < -0.3 is 5.11 Å². The van der Waals surface area contributed by atoms with E-state index in [1.54, 1.807) is 0 Å². The van der Waals surface area contributed by atoms with Crippen molar-refractivity contribution in [1.82, 2.24) is 0 Å². The molecule has 0 spiro atoms. The molecule has 0 atom stereocenters. The fourth-order valence-electron chi connectivity index (χ4n) is 3.52. The van der Waals surface area contributed by atoms with Gasteiger partial charge in [0.25, 0.3) is 5.91 Å². The third-order valence-electron chi connectivity index (χ3n) is 4.95. The van der Waals surface area contributed by atoms with Crippen LogP contribution in [0.2, 0.25) is 5.02 Å². The summed E-state index contributed by atoms with van der Waals surface area (Å²) in [5.74, 6) is -2.75. The van der Waals surface area contributed by atoms with E-state index in [0.29, 0.717) is 0 Å². The summed E-state index contributed by atoms with van der Waals surface area (Å²) in [4.78, 5) is 25.5. The fraction of sp³-hybridized carbons (Fsp3) is 0.0435. The summed E-state index contributed by atoms with van der Waals surface area (Å²) in [7, 11) is 0. The number of hydrogen-bond acceptors (Lipinski definition) is 2. The number of anilines is 2. The van der Waals surface area contributed by atoms with Crippen LogP contribution >= 0.6 is 11.6 Å². The first-order valence-corrected chi connectivity index (χ1v) is 9.51. The molecule has 3 aromatic rings. The molecule has 1 amide bonds. The van der Waals surface area contributed by atoms with Gasteiger partial charge in [-0.1, -0.05) is 23.7 Å². The van der Waals surface area contributed by atoms with Crippen molar-refractivity contribution < 1.29 is 32.3 Å². The van der Waals surface area contributed by atoms with Crippen molar-refractivity contribution in [3.8, 4) is 0 Å². The van der Waals surface area contributed by atoms with Gasteiger partial charge in [0.05, 0.1) is 22.4 Å². The molecule has 0 unspecified atom stereocenters. The number of rotatable bonds is 3. The molecule has 9 heteroatoms. The molecule has 1 aliphatic heterocycles. The van der Waals surface area contributed by atoms with Crippen molar-refractivity contribution in [1.29, 1.82) is 0 Å². The summed E-state index contributed by atoms with van der Waals surface area (Å²) in [6, 6.07) is 12.3. The molecule has 1 aliphatic rings. The maximum Gasteiger partial charge on any atom is 0.417 e. The number of carbonyl (C=O) groups excluding carboxylic acids is 1. The van der Waals surface area contributed by atoms with E-state index in [1.807, 2.05) is 0 Å². The third kappa shape index (κ3) is 3.62. The number of aromatic carboxylic acids is 1. The number of halogens is 5. The van der Waals surface area contributed by atoms with Gasteiger partial charge in [0.2, 0.25) is 0 Å². The number of benzene rings is 3. The Labute approximate surface area is 184 Å². The molecule has 3 aromatic carbocycles. The van der Waals surface area contributed by atoms with Gasteiger partial charge in [-0.3, -0.25) is 9.69 Å². The number of nitrogens with zero attached hydrogens (tertiary/aromatic N) is 1. The van der Waals surface area contributed by atoms with E-state index in [2.05, 4.69) is 0 Å². The van der Waals surface area contributed by atoms with Crippen molar-refractivity contribution >= 4 is 46.5 Å². The largest absolute Gasteiger partial charge is 0.478 e. The molecule has 4 rings (SSSR count). The van der Waals surface area contributed by atoms with Crippen LogP contribution < -0.4 is 4.90 Å². The number of carbonyl (C=O) groups is 2. The molecule has 32 heavy (non-hydrogen) atoms. The first kappa shape index (κ1) is 21.6. The lowest BCUT2D eigenvalue weighted by molar-refractivity contribution is -0.137. The van der Waals surface area contributed by atoms with Crippen LogP contribution in [0.1, 0.15) is 27.0 Å². The zero-order chi connectivity index (χ0) is 23.2. The highest BCUT2D eigenvalue weighted by Crippen LogP contribution is 2.45. The summed E-state index contributed by atoms with van der Waals surface area (Å²) in [6.07, 6.45) is -3.82. The number of carboxylic acid groups (broad SMARTS) is 1. The summed E-state index contributed by atoms with van der Waals surface area (Å²) in [5, 5.41) is 8.82. The fourth-order valence-corrected chi connectivity index (χ4v) is 3.75. The van der Waals surface area contributed by atoms with Crippen molar-refractivity contribution in [3.63, 3.8) is 0 Å². The lowest BCUT2D eigenvalue weighted by atomic mass is 10.00. The summed E-state index contributed by atoms with van der Waals surface area (Å²) < 4.78 is 55.3. The average Bonchev–Trinajstić information content (AvgIpc) is 3.01. The minimum atomic E-state index is -4.75. The molecular formula is C23H12ClF4NO3. The highest BCUT2D eigenvalue weighted by Gasteiger charge is 2.38. The number of alkyl halides is 3. The second-order valence-electron chi connectivity index (χ2n) is 6.88. The Morgan fingerprint density at radius 2 is 1.66 bits per heavy atom. The molecule has 0 radical (unpaired) electrons. The SMILES string of the molecule is O=C(O)c1ccc(N2C(=O)C(=Cc3c(Cl)cccc3C(F)(F)F)c3c(F)cccc32)cc1. The zero-order valence-corrected chi connectivity index (χ0v) is 16.7. The van der Waals surface area contributed by atoms with Gasteiger partial charge in [-0.2, -0.15) is 13.2 Å². The quantitative estimate of drug-likeness (QED) is 0.362. The lowest BCUT2D eigenvalue weighted by Crippen LogP contribution is -2.20. The van der Waals surface area contributed by atoms with E-state index in [1.165, 1.54) is 42.5 Å². The molecule has 1 heterocycles. The van der Waals surface area contributed by atoms with E-state index in [4.69, 9.17) is 16.7 Å². The summed E-state index contributed by atoms with van der Waals surface area (Å²) in [5.41, 5.74) is -1.68. The van der Waals surface area contributed by atoms with Crippen LogP contribution in [0.5, 0.6) is 0 Å². The Morgan fingerprint density at radius 3 is 2.28 bits per heavy atom. The molecule has 0 saturated carbocycles. The van der Waals surface area contributed by atoms with Gasteiger partial charge in [-0.25, -0.2) is 9.18 Å². The van der Waals surface area contributed by atoms with E-state index in [0.717, 1.165) is 29.2 Å². The van der Waals surface area contributed by atoms with Gasteiger partial charge in [-0.05, 0) is 54.6 Å². The Balaban J connectivity index is 1.92. The highest BCUT2D eigenvalue weighted by atomic mass is 35.5. The number of fused-ring (bicyclic) bond motifs is 1. The predicted octanol–water partition coefficient (Wildman–Crippen LogP) is 6.42. The molecule has 0 aromatic heterocycles. The topological polar surface area (TPSA) is 57.6 Å². The molecule has 0 fully saturated rings. The highest BCUT2D eigenvalue weighted by molar-refractivity contribution is 6.39. The van der Waals surface area contributed by atoms with Gasteiger partial charge in [0.15, 0.2) is 0 Å². The molecule has 0 aliphatic carbocycles. The molecule has 0 bridgehead atoms. The first-order chi connectivity index (χ1) is 15.1. The Morgan fingerprint density at radius 1 is 1.00 bits per heavy atom. The number of carboxylic acids is 1. The Hall–Kier alpha value is -3.65. The van der Waals surface area contributed by atoms with Gasteiger partial charge in [0, 0.05) is 21.8 Å². The maximum atomic E-state index is 14.8. The molecule has 4 nitrogen and oxygen atoms in total. The van der Waals surface area contributed by atoms with Crippen LogP contribution in [-0.2, 0) is 11.0 Å². The van der Waals surface area contributed by atoms with E-state index < -0.39 is 35.0 Å². The molecule has 1 N–H and O–H groups in total. The minimum Gasteiger partial charge on any atom is -0.478 e. The second kappa shape index (κ2) is 7.80. The number of hydrogen-bond donors (Lipinski definition) is 1. The normalized spacial score (nSPS) is 14.7. The van der Waals surface area contributed by atoms with E-state index in [-0.39, 0.29) is 33.1 Å². The minimum absolute atomic E-state index is 0.0264. The van der Waals surface area contributed by atoms with Crippen LogP contribution in [-0.4, -0.2) is 17.0 Å². The van der Waals surface area contributed by atoms with Crippen LogP contribution in [0.15, 0.2) is 60.7 Å². The third-order valence-corrected chi connectivity index (χ3v) is 5.28. The summed E-state index contributed by atoms with van der Waals surface area (Å²) in [6.45, 7) is 0. The van der Waals surface area contributed by atoms with Gasteiger partial charge in [-0.15, -0.1) is 0 Å². The summed E-state index contributed by atoms with van der Waals surface area (Å²) >= 11 is 6.01. The van der Waals surface area contributed by atoms with Crippen LogP contribution in [0.25, 0.3) is 11.6 Å². The second-order valence-corrected chi connectivity index (χ2v) is 7.29. The predicted molar refractivity (Wildman–Crippen MR) is 111 cm³/mol. The molecule has 162 valence electrons. The lowest BCUT2D eigenvalue weighted by Gasteiger charge is -2.17.